The normalized spacial score (nSPS) is 11.8. The van der Waals surface area contributed by atoms with E-state index in [0.29, 0.717) is 0 Å². The molecular formula is C130H88N6. The van der Waals surface area contributed by atoms with E-state index in [-0.39, 0.29) is 0 Å². The summed E-state index contributed by atoms with van der Waals surface area (Å²) in [6, 6.07) is 181. The summed E-state index contributed by atoms with van der Waals surface area (Å²) in [7, 11) is 0. The predicted molar refractivity (Wildman–Crippen MR) is 577 cm³/mol. The minimum atomic E-state index is 1.14. The van der Waals surface area contributed by atoms with Crippen molar-refractivity contribution < 1.29 is 0 Å². The fourth-order valence-corrected chi connectivity index (χ4v) is 21.7. The Balaban J connectivity index is 0.000000107. The molecule has 0 radical (unpaired) electrons. The standard InChI is InChI=1S/C50H36N2.2C40H26N2/c1-33-12-10-14-36(26-33)39-28-38(29-40(30-39)37-15-11-13-34(2)27-37)35-22-24-42(25-23-35)52-48-21-9-7-19-44(48)46-31-45-43-18-6-8-20-47(43)51(49(45)32-50(46)52)41-16-4-3-5-17-41;1-2-13-29(14-3-1)41-37-19-8-6-16-33(37)35-25-36-34-17-7-9-20-38(34)42(40(36)26-39(35)41)30-23-21-28(22-24-30)32-18-10-12-27-11-4-5-15-31(27)32;1-2-12-31(13-3-1)41-37-16-8-6-14-33(37)35-25-36-34-15-7-9-17-38(34)42(40(36)26-39(35)41)32-22-20-28(21-23-32)30-19-18-27-10-4-5-11-29(27)24-30/h3-32H,1-2H3;2*1-26H. The average Bonchev–Trinajstić information content (AvgIpc) is 1.56. The molecule has 0 saturated carbocycles. The van der Waals surface area contributed by atoms with E-state index < -0.39 is 0 Å². The summed E-state index contributed by atoms with van der Waals surface area (Å²) in [6.45, 7) is 4.32. The van der Waals surface area contributed by atoms with Gasteiger partial charge >= 0.3 is 0 Å². The van der Waals surface area contributed by atoms with Crippen LogP contribution < -0.4 is 0 Å². The Hall–Kier alpha value is -17.8. The van der Waals surface area contributed by atoms with E-state index in [1.54, 1.807) is 0 Å². The molecule has 0 N–H and O–H groups in total. The highest BCUT2D eigenvalue weighted by atomic mass is 15.0. The lowest BCUT2D eigenvalue weighted by Crippen LogP contribution is -1.96. The van der Waals surface area contributed by atoms with E-state index in [1.165, 1.54) is 231 Å². The number of aryl methyl sites for hydroxylation is 2. The van der Waals surface area contributed by atoms with Crippen LogP contribution in [-0.4, -0.2) is 27.4 Å². The van der Waals surface area contributed by atoms with Crippen molar-refractivity contribution in [1.82, 2.24) is 27.4 Å². The van der Waals surface area contributed by atoms with Crippen LogP contribution in [0.2, 0.25) is 0 Å². The van der Waals surface area contributed by atoms with E-state index in [9.17, 15) is 0 Å². The van der Waals surface area contributed by atoms with Crippen LogP contribution in [0.15, 0.2) is 497 Å². The Bertz CT molecular complexity index is 9520. The number of hydrogen-bond acceptors (Lipinski definition) is 0. The Labute approximate surface area is 786 Å². The van der Waals surface area contributed by atoms with Gasteiger partial charge in [-0.2, -0.15) is 0 Å². The van der Waals surface area contributed by atoms with Gasteiger partial charge in [-0.3, -0.25) is 0 Å². The Morgan fingerprint density at radius 2 is 0.368 bits per heavy atom. The fraction of sp³-hybridized carbons (Fsp3) is 0.0154. The van der Waals surface area contributed by atoms with Gasteiger partial charge in [-0.25, -0.2) is 0 Å². The molecule has 6 heteroatoms. The maximum Gasteiger partial charge on any atom is 0.0562 e. The first-order valence-electron chi connectivity index (χ1n) is 46.9. The zero-order valence-corrected chi connectivity index (χ0v) is 75.0. The zero-order valence-electron chi connectivity index (χ0n) is 75.0. The Morgan fingerprint density at radius 1 is 0.118 bits per heavy atom. The van der Waals surface area contributed by atoms with Crippen LogP contribution in [0.3, 0.4) is 0 Å². The molecule has 136 heavy (non-hydrogen) atoms. The minimum absolute atomic E-state index is 1.14. The third-order valence-electron chi connectivity index (χ3n) is 28.0. The third-order valence-corrected chi connectivity index (χ3v) is 28.0. The molecule has 6 nitrogen and oxygen atoms in total. The van der Waals surface area contributed by atoms with Gasteiger partial charge in [-0.05, 0) is 261 Å². The van der Waals surface area contributed by atoms with Gasteiger partial charge < -0.3 is 27.4 Å². The van der Waals surface area contributed by atoms with E-state index in [0.717, 1.165) is 22.7 Å². The maximum atomic E-state index is 2.43. The number of fused-ring (bicyclic) bond motifs is 20. The molecule has 0 aliphatic rings. The quantitative estimate of drug-likeness (QED) is 0.124. The first kappa shape index (κ1) is 79.1. The fourth-order valence-electron chi connectivity index (χ4n) is 21.7. The SMILES string of the molecule is Cc1cccc(-c2cc(-c3ccc(-n4c5ccccc5c5cc6c7ccccc7n(-c7ccccc7)c6cc54)cc3)cc(-c3cccc(C)c3)c2)c1.c1ccc(-n2c3ccccc3c3cc4c5ccccc5n(-c5ccc(-c6ccc7ccccc7c6)cc5)c4cc32)cc1.c1ccc(-n2c3ccccc3c3cc4c5ccccc5n(-c5ccc(-c6cccc7ccccc67)cc5)c4cc32)cc1. The lowest BCUT2D eigenvalue weighted by molar-refractivity contribution is 1.16. The number of para-hydroxylation sites is 9. The third kappa shape index (κ3) is 13.4. The average molecular weight is 1730 g/mol. The number of aromatic nitrogens is 6. The van der Waals surface area contributed by atoms with Crippen LogP contribution in [0.5, 0.6) is 0 Å². The van der Waals surface area contributed by atoms with Gasteiger partial charge in [0.25, 0.3) is 0 Å². The second kappa shape index (κ2) is 32.6. The number of nitrogens with zero attached hydrogens (tertiary/aromatic N) is 6. The molecule has 0 saturated heterocycles. The molecule has 0 amide bonds. The van der Waals surface area contributed by atoms with Crippen LogP contribution >= 0.6 is 0 Å². The molecule has 0 atom stereocenters. The van der Waals surface area contributed by atoms with Crippen LogP contribution in [0.4, 0.5) is 0 Å². The van der Waals surface area contributed by atoms with Crippen LogP contribution in [0, 0.1) is 13.8 Å². The van der Waals surface area contributed by atoms with Gasteiger partial charge in [0.15, 0.2) is 0 Å². The molecule has 0 spiro atoms. The van der Waals surface area contributed by atoms with Crippen molar-refractivity contribution in [3.05, 3.63) is 509 Å². The summed E-state index contributed by atoms with van der Waals surface area (Å²) < 4.78 is 14.5. The topological polar surface area (TPSA) is 29.6 Å². The summed E-state index contributed by atoms with van der Waals surface area (Å²) in [5.41, 5.74) is 36.3. The summed E-state index contributed by atoms with van der Waals surface area (Å²) in [6.07, 6.45) is 0. The van der Waals surface area contributed by atoms with E-state index >= 15 is 0 Å². The Morgan fingerprint density at radius 3 is 0.713 bits per heavy atom. The highest BCUT2D eigenvalue weighted by Crippen LogP contribution is 2.46. The smallest absolute Gasteiger partial charge is 0.0562 e. The van der Waals surface area contributed by atoms with Crippen molar-refractivity contribution in [1.29, 1.82) is 0 Å². The lowest BCUT2D eigenvalue weighted by Gasteiger charge is -2.13. The zero-order chi connectivity index (χ0) is 90.0. The first-order chi connectivity index (χ1) is 67.3. The first-order valence-corrected chi connectivity index (χ1v) is 46.9. The van der Waals surface area contributed by atoms with Crippen molar-refractivity contribution in [2.45, 2.75) is 13.8 Å². The number of benzene rings is 22. The van der Waals surface area contributed by atoms with Crippen molar-refractivity contribution in [3.8, 4) is 89.8 Å². The molecule has 22 aromatic carbocycles. The van der Waals surface area contributed by atoms with Crippen LogP contribution in [-0.2, 0) is 0 Å². The molecule has 0 unspecified atom stereocenters. The summed E-state index contributed by atoms with van der Waals surface area (Å²) >= 11 is 0. The molecule has 28 aromatic rings. The second-order valence-corrected chi connectivity index (χ2v) is 36.0. The Kier molecular flexibility index (Phi) is 19.0. The van der Waals surface area contributed by atoms with Crippen LogP contribution in [0.25, 0.3) is 242 Å². The highest BCUT2D eigenvalue weighted by Gasteiger charge is 2.25. The number of rotatable bonds is 11. The number of hydrogen-bond donors (Lipinski definition) is 0. The van der Waals surface area contributed by atoms with Gasteiger partial charge in [-0.1, -0.05) is 339 Å². The largest absolute Gasteiger partial charge is 0.309 e. The van der Waals surface area contributed by atoms with Crippen molar-refractivity contribution in [3.63, 3.8) is 0 Å². The molecule has 0 fully saturated rings. The predicted octanol–water partition coefficient (Wildman–Crippen LogP) is 34.9. The van der Waals surface area contributed by atoms with E-state index in [4.69, 9.17) is 0 Å². The van der Waals surface area contributed by atoms with Gasteiger partial charge in [0.1, 0.15) is 0 Å². The maximum absolute atomic E-state index is 2.43. The summed E-state index contributed by atoms with van der Waals surface area (Å²) in [5, 5.41) is 20.3. The summed E-state index contributed by atoms with van der Waals surface area (Å²) in [5.74, 6) is 0. The molecule has 0 aliphatic carbocycles. The van der Waals surface area contributed by atoms with E-state index in [2.05, 4.69) is 539 Å². The van der Waals surface area contributed by atoms with Crippen molar-refractivity contribution >= 4 is 152 Å². The molecule has 6 heterocycles. The summed E-state index contributed by atoms with van der Waals surface area (Å²) in [4.78, 5) is 0. The highest BCUT2D eigenvalue weighted by molar-refractivity contribution is 6.23. The molecule has 0 aliphatic heterocycles. The molecule has 0 bridgehead atoms. The monoisotopic (exact) mass is 1730 g/mol. The molecular weight excluding hydrogens is 1650 g/mol. The molecule has 28 rings (SSSR count). The van der Waals surface area contributed by atoms with Crippen molar-refractivity contribution in [2.24, 2.45) is 0 Å². The van der Waals surface area contributed by atoms with E-state index in [1.807, 2.05) is 0 Å². The van der Waals surface area contributed by atoms with Crippen molar-refractivity contribution in [2.75, 3.05) is 0 Å². The molecule has 6 aromatic heterocycles. The molecule has 638 valence electrons. The van der Waals surface area contributed by atoms with Gasteiger partial charge in [0.05, 0.1) is 66.2 Å². The second-order valence-electron chi connectivity index (χ2n) is 36.0. The minimum Gasteiger partial charge on any atom is -0.309 e. The van der Waals surface area contributed by atoms with Crippen LogP contribution in [0.1, 0.15) is 11.1 Å². The van der Waals surface area contributed by atoms with Gasteiger partial charge in [0, 0.05) is 98.8 Å². The van der Waals surface area contributed by atoms with Gasteiger partial charge in [-0.15, -0.1) is 0 Å². The van der Waals surface area contributed by atoms with Gasteiger partial charge in [0.2, 0.25) is 0 Å². The lowest BCUT2D eigenvalue weighted by atomic mass is 9.92.